The van der Waals surface area contributed by atoms with Crippen molar-refractivity contribution in [2.45, 2.75) is 25.7 Å². The molecular weight excluding hydrogens is 359 g/mol. The summed E-state index contributed by atoms with van der Waals surface area (Å²) in [5.74, 6) is 1.60. The van der Waals surface area contributed by atoms with Gasteiger partial charge in [0.05, 0.1) is 12.8 Å². The highest BCUT2D eigenvalue weighted by Crippen LogP contribution is 2.20. The minimum Gasteiger partial charge on any atom is -0.494 e. The van der Waals surface area contributed by atoms with Crippen molar-refractivity contribution >= 4 is 5.91 Å². The number of nitrogens with zero attached hydrogens (tertiary/aromatic N) is 1. The Morgan fingerprint density at radius 1 is 1.07 bits per heavy atom. The third kappa shape index (κ3) is 6.23. The smallest absolute Gasteiger partial charge is 0.220 e. The van der Waals surface area contributed by atoms with Gasteiger partial charge in [-0.1, -0.05) is 30.3 Å². The molecule has 1 N–H and O–H groups in total. The molecule has 0 bridgehead atoms. The zero-order chi connectivity index (χ0) is 19.6. The molecule has 146 valence electrons. The van der Waals surface area contributed by atoms with Crippen LogP contribution in [0.2, 0.25) is 0 Å². The monoisotopic (exact) mass is 382 g/mol. The Balaban J connectivity index is 1.28. The Kier molecular flexibility index (Phi) is 7.18. The SMILES string of the molecule is O=C(CCc1ncc(-c2ccccc2)o1)NCCCCOc1ccc(F)cc1. The number of carbonyl (C=O) groups excluding carboxylic acids is 1. The van der Waals surface area contributed by atoms with Crippen LogP contribution in [0.5, 0.6) is 5.75 Å². The van der Waals surface area contributed by atoms with Crippen LogP contribution in [-0.2, 0) is 11.2 Å². The van der Waals surface area contributed by atoms with Gasteiger partial charge in [-0.2, -0.15) is 0 Å². The topological polar surface area (TPSA) is 64.4 Å². The van der Waals surface area contributed by atoms with Gasteiger partial charge in [0.2, 0.25) is 5.91 Å². The van der Waals surface area contributed by atoms with E-state index < -0.39 is 0 Å². The molecule has 0 atom stereocenters. The Bertz CT molecular complexity index is 863. The molecule has 0 aliphatic heterocycles. The van der Waals surface area contributed by atoms with E-state index in [1.54, 1.807) is 18.3 Å². The van der Waals surface area contributed by atoms with Crippen LogP contribution in [0.25, 0.3) is 11.3 Å². The number of benzene rings is 2. The summed E-state index contributed by atoms with van der Waals surface area (Å²) in [7, 11) is 0. The number of nitrogens with one attached hydrogen (secondary N) is 1. The van der Waals surface area contributed by atoms with Crippen LogP contribution in [0.1, 0.15) is 25.2 Å². The molecule has 0 saturated carbocycles. The predicted octanol–water partition coefficient (Wildman–Crippen LogP) is 4.39. The molecule has 0 fully saturated rings. The number of unbranched alkanes of at least 4 members (excludes halogenated alkanes) is 1. The molecule has 3 aromatic rings. The number of carbonyl (C=O) groups is 1. The zero-order valence-corrected chi connectivity index (χ0v) is 15.6. The van der Waals surface area contributed by atoms with Crippen molar-refractivity contribution in [1.29, 1.82) is 0 Å². The van der Waals surface area contributed by atoms with Crippen LogP contribution in [0.3, 0.4) is 0 Å². The Morgan fingerprint density at radius 3 is 2.64 bits per heavy atom. The molecule has 1 amide bonds. The first-order chi connectivity index (χ1) is 13.7. The fourth-order valence-electron chi connectivity index (χ4n) is 2.65. The van der Waals surface area contributed by atoms with Gasteiger partial charge in [-0.15, -0.1) is 0 Å². The van der Waals surface area contributed by atoms with Gasteiger partial charge in [-0.05, 0) is 37.1 Å². The first-order valence-corrected chi connectivity index (χ1v) is 9.36. The average Bonchev–Trinajstić information content (AvgIpc) is 3.20. The minimum atomic E-state index is -0.281. The van der Waals surface area contributed by atoms with Gasteiger partial charge < -0.3 is 14.5 Å². The van der Waals surface area contributed by atoms with E-state index in [0.29, 0.717) is 43.4 Å². The van der Waals surface area contributed by atoms with Gasteiger partial charge in [-0.3, -0.25) is 4.79 Å². The number of oxazole rings is 1. The Morgan fingerprint density at radius 2 is 1.86 bits per heavy atom. The summed E-state index contributed by atoms with van der Waals surface area (Å²) in [6.07, 6.45) is 4.10. The number of halogens is 1. The highest BCUT2D eigenvalue weighted by atomic mass is 19.1. The summed E-state index contributed by atoms with van der Waals surface area (Å²) >= 11 is 0. The number of aromatic nitrogens is 1. The van der Waals surface area contributed by atoms with Gasteiger partial charge in [0.1, 0.15) is 11.6 Å². The zero-order valence-electron chi connectivity index (χ0n) is 15.6. The van der Waals surface area contributed by atoms with E-state index in [1.807, 2.05) is 30.3 Å². The maximum absolute atomic E-state index is 12.8. The molecule has 2 aromatic carbocycles. The molecule has 28 heavy (non-hydrogen) atoms. The fourth-order valence-corrected chi connectivity index (χ4v) is 2.65. The second-order valence-corrected chi connectivity index (χ2v) is 6.34. The van der Waals surface area contributed by atoms with E-state index >= 15 is 0 Å². The third-order valence-corrected chi connectivity index (χ3v) is 4.15. The maximum atomic E-state index is 12.8. The summed E-state index contributed by atoms with van der Waals surface area (Å²) in [6, 6.07) is 15.7. The van der Waals surface area contributed by atoms with Crippen LogP contribution in [0, 0.1) is 5.82 Å². The fraction of sp³-hybridized carbons (Fsp3) is 0.273. The van der Waals surface area contributed by atoms with E-state index in [2.05, 4.69) is 10.3 Å². The summed E-state index contributed by atoms with van der Waals surface area (Å²) in [6.45, 7) is 1.12. The summed E-state index contributed by atoms with van der Waals surface area (Å²) in [4.78, 5) is 16.2. The van der Waals surface area contributed by atoms with E-state index in [9.17, 15) is 9.18 Å². The highest BCUT2D eigenvalue weighted by Gasteiger charge is 2.08. The van der Waals surface area contributed by atoms with E-state index in [1.165, 1.54) is 12.1 Å². The first kappa shape index (κ1) is 19.6. The lowest BCUT2D eigenvalue weighted by Crippen LogP contribution is -2.25. The number of hydrogen-bond acceptors (Lipinski definition) is 4. The standard InChI is InChI=1S/C22H23FN2O3/c23-18-8-10-19(11-9-18)27-15-5-4-14-24-21(26)12-13-22-25-16-20(28-22)17-6-2-1-3-7-17/h1-3,6-11,16H,4-5,12-15H2,(H,24,26). The van der Waals surface area contributed by atoms with Crippen molar-refractivity contribution in [3.63, 3.8) is 0 Å². The van der Waals surface area contributed by atoms with Gasteiger partial charge in [0.15, 0.2) is 11.7 Å². The van der Waals surface area contributed by atoms with Crippen molar-refractivity contribution < 1.29 is 18.3 Å². The van der Waals surface area contributed by atoms with Crippen molar-refractivity contribution in [3.8, 4) is 17.1 Å². The molecular formula is C22H23FN2O3. The number of ether oxygens (including phenoxy) is 1. The van der Waals surface area contributed by atoms with Gasteiger partial charge in [0, 0.05) is 24.9 Å². The lowest BCUT2D eigenvalue weighted by Gasteiger charge is -2.07. The molecule has 1 aromatic heterocycles. The van der Waals surface area contributed by atoms with Crippen LogP contribution >= 0.6 is 0 Å². The largest absolute Gasteiger partial charge is 0.494 e. The van der Waals surface area contributed by atoms with E-state index in [0.717, 1.165) is 18.4 Å². The molecule has 0 spiro atoms. The summed E-state index contributed by atoms with van der Waals surface area (Å²) in [5, 5.41) is 2.88. The second-order valence-electron chi connectivity index (χ2n) is 6.34. The Hall–Kier alpha value is -3.15. The normalized spacial score (nSPS) is 10.6. The van der Waals surface area contributed by atoms with Crippen molar-refractivity contribution in [2.75, 3.05) is 13.2 Å². The number of amides is 1. The molecule has 1 heterocycles. The van der Waals surface area contributed by atoms with Crippen LogP contribution < -0.4 is 10.1 Å². The molecule has 0 aliphatic carbocycles. The molecule has 0 aliphatic rings. The molecule has 0 unspecified atom stereocenters. The van der Waals surface area contributed by atoms with Crippen molar-refractivity contribution in [2.24, 2.45) is 0 Å². The lowest BCUT2D eigenvalue weighted by molar-refractivity contribution is -0.121. The van der Waals surface area contributed by atoms with Crippen LogP contribution in [0.15, 0.2) is 65.2 Å². The van der Waals surface area contributed by atoms with Crippen molar-refractivity contribution in [1.82, 2.24) is 10.3 Å². The number of aryl methyl sites for hydroxylation is 1. The molecule has 3 rings (SSSR count). The quantitative estimate of drug-likeness (QED) is 0.528. The molecule has 5 nitrogen and oxygen atoms in total. The molecule has 6 heteroatoms. The number of rotatable bonds is 10. The number of hydrogen-bond donors (Lipinski definition) is 1. The third-order valence-electron chi connectivity index (χ3n) is 4.15. The average molecular weight is 382 g/mol. The second kappa shape index (κ2) is 10.3. The highest BCUT2D eigenvalue weighted by molar-refractivity contribution is 5.76. The van der Waals surface area contributed by atoms with E-state index in [-0.39, 0.29) is 11.7 Å². The lowest BCUT2D eigenvalue weighted by atomic mass is 10.2. The van der Waals surface area contributed by atoms with Crippen molar-refractivity contribution in [3.05, 3.63) is 72.5 Å². The summed E-state index contributed by atoms with van der Waals surface area (Å²) < 4.78 is 24.0. The summed E-state index contributed by atoms with van der Waals surface area (Å²) in [5.41, 5.74) is 0.966. The van der Waals surface area contributed by atoms with Gasteiger partial charge >= 0.3 is 0 Å². The van der Waals surface area contributed by atoms with Gasteiger partial charge in [-0.25, -0.2) is 9.37 Å². The maximum Gasteiger partial charge on any atom is 0.220 e. The minimum absolute atomic E-state index is 0.0288. The Labute approximate surface area is 163 Å². The molecule has 0 saturated heterocycles. The van der Waals surface area contributed by atoms with E-state index in [4.69, 9.17) is 9.15 Å². The van der Waals surface area contributed by atoms with Crippen LogP contribution in [-0.4, -0.2) is 24.0 Å². The van der Waals surface area contributed by atoms with Gasteiger partial charge in [0.25, 0.3) is 0 Å². The van der Waals surface area contributed by atoms with Crippen LogP contribution in [0.4, 0.5) is 4.39 Å². The first-order valence-electron chi connectivity index (χ1n) is 9.36. The predicted molar refractivity (Wildman–Crippen MR) is 104 cm³/mol. The molecule has 0 radical (unpaired) electrons.